The summed E-state index contributed by atoms with van der Waals surface area (Å²) in [6.07, 6.45) is 1.28. The molecule has 0 aliphatic carbocycles. The van der Waals surface area contributed by atoms with Crippen molar-refractivity contribution in [1.29, 1.82) is 0 Å². The van der Waals surface area contributed by atoms with E-state index in [1.165, 1.54) is 52.8 Å². The molecule has 0 saturated heterocycles. The van der Waals surface area contributed by atoms with Crippen LogP contribution in [0.5, 0.6) is 0 Å². The topological polar surface area (TPSA) is 89.3 Å². The van der Waals surface area contributed by atoms with Gasteiger partial charge in [0.15, 0.2) is 5.78 Å². The van der Waals surface area contributed by atoms with Crippen LogP contribution in [0.3, 0.4) is 0 Å². The van der Waals surface area contributed by atoms with Crippen LogP contribution in [0.15, 0.2) is 65.7 Å². The second kappa shape index (κ2) is 7.14. The minimum Gasteiger partial charge on any atom is -0.335 e. The molecule has 0 bridgehead atoms. The van der Waals surface area contributed by atoms with E-state index in [2.05, 4.69) is 4.98 Å². The number of hydrogen-bond acceptors (Lipinski definition) is 6. The Morgan fingerprint density at radius 1 is 1.16 bits per heavy atom. The molecule has 3 heterocycles. The number of aromatic nitrogens is 2. The van der Waals surface area contributed by atoms with Crippen LogP contribution in [-0.4, -0.2) is 41.0 Å². The van der Waals surface area contributed by atoms with Gasteiger partial charge in [0, 0.05) is 25.2 Å². The van der Waals surface area contributed by atoms with Gasteiger partial charge in [0.05, 0.1) is 21.7 Å². The third kappa shape index (κ3) is 3.26. The van der Waals surface area contributed by atoms with Gasteiger partial charge in [0.25, 0.3) is 15.9 Å². The Morgan fingerprint density at radius 3 is 2.77 bits per heavy atom. The molecule has 4 aromatic rings. The lowest BCUT2D eigenvalue weighted by Gasteiger charge is -2.17. The molecule has 0 N–H and O–H groups in total. The van der Waals surface area contributed by atoms with E-state index in [-0.39, 0.29) is 28.7 Å². The molecule has 0 fully saturated rings. The summed E-state index contributed by atoms with van der Waals surface area (Å²) >= 11 is 1.53. The minimum atomic E-state index is -3.89. The summed E-state index contributed by atoms with van der Waals surface area (Å²) in [6.45, 7) is 0.331. The van der Waals surface area contributed by atoms with Crippen molar-refractivity contribution in [2.24, 2.45) is 0 Å². The number of nitrogens with zero attached hydrogens (tertiary/aromatic N) is 3. The van der Waals surface area contributed by atoms with Crippen LogP contribution in [0.25, 0.3) is 10.2 Å². The lowest BCUT2D eigenvalue weighted by Crippen LogP contribution is -2.26. The predicted molar refractivity (Wildman–Crippen MR) is 117 cm³/mol. The molecule has 1 amide bonds. The van der Waals surface area contributed by atoms with E-state index in [4.69, 9.17) is 0 Å². The van der Waals surface area contributed by atoms with Crippen molar-refractivity contribution in [2.75, 3.05) is 7.05 Å². The van der Waals surface area contributed by atoms with Gasteiger partial charge in [-0.1, -0.05) is 12.1 Å². The lowest BCUT2D eigenvalue weighted by atomic mass is 10.0. The van der Waals surface area contributed by atoms with Crippen LogP contribution in [0.4, 0.5) is 0 Å². The molecule has 5 rings (SSSR count). The largest absolute Gasteiger partial charge is 0.335 e. The number of amides is 1. The lowest BCUT2D eigenvalue weighted by molar-refractivity contribution is 0.0784. The molecule has 0 spiro atoms. The first kappa shape index (κ1) is 19.7. The van der Waals surface area contributed by atoms with Crippen LogP contribution in [0.2, 0.25) is 0 Å². The first-order valence-electron chi connectivity index (χ1n) is 9.53. The van der Waals surface area contributed by atoms with E-state index in [9.17, 15) is 18.0 Å². The molecule has 31 heavy (non-hydrogen) atoms. The predicted octanol–water partition coefficient (Wildman–Crippen LogP) is 3.35. The van der Waals surface area contributed by atoms with Crippen molar-refractivity contribution < 1.29 is 18.0 Å². The Bertz CT molecular complexity index is 1430. The van der Waals surface area contributed by atoms with Crippen LogP contribution in [-0.2, 0) is 23.0 Å². The first-order chi connectivity index (χ1) is 14.8. The number of rotatable bonds is 3. The molecule has 0 saturated carbocycles. The van der Waals surface area contributed by atoms with E-state index in [0.29, 0.717) is 17.7 Å². The van der Waals surface area contributed by atoms with Crippen LogP contribution >= 0.6 is 11.3 Å². The van der Waals surface area contributed by atoms with Gasteiger partial charge in [-0.05, 0) is 48.0 Å². The minimum absolute atomic E-state index is 0.0428. The van der Waals surface area contributed by atoms with Crippen LogP contribution < -0.4 is 0 Å². The summed E-state index contributed by atoms with van der Waals surface area (Å²) < 4.78 is 28.0. The molecule has 1 aliphatic rings. The second-order valence-corrected chi connectivity index (χ2v) is 10.3. The SMILES string of the molecule is CN(Cc1nc2ccccc2s1)C(=O)c1ccc2c(c1)CC(=O)c1cccn1S2(=O)=O. The average Bonchev–Trinajstić information content (AvgIpc) is 3.38. The summed E-state index contributed by atoms with van der Waals surface area (Å²) in [7, 11) is -2.22. The van der Waals surface area contributed by atoms with Crippen molar-refractivity contribution in [3.05, 3.63) is 82.6 Å². The van der Waals surface area contributed by atoms with Gasteiger partial charge < -0.3 is 4.90 Å². The van der Waals surface area contributed by atoms with Gasteiger partial charge in [-0.2, -0.15) is 0 Å². The number of para-hydroxylation sites is 1. The fourth-order valence-corrected chi connectivity index (χ4v) is 6.33. The van der Waals surface area contributed by atoms with Crippen LogP contribution in [0, 0.1) is 0 Å². The second-order valence-electron chi connectivity index (χ2n) is 7.35. The van der Waals surface area contributed by atoms with Crippen LogP contribution in [0.1, 0.15) is 31.4 Å². The quantitative estimate of drug-likeness (QED) is 0.477. The Kier molecular flexibility index (Phi) is 4.53. The zero-order valence-electron chi connectivity index (χ0n) is 16.5. The number of benzene rings is 2. The highest BCUT2D eigenvalue weighted by atomic mass is 32.2. The summed E-state index contributed by atoms with van der Waals surface area (Å²) in [4.78, 5) is 31.7. The molecule has 0 unspecified atom stereocenters. The molecule has 9 heteroatoms. The number of carbonyl (C=O) groups excluding carboxylic acids is 2. The Hall–Kier alpha value is -3.30. The molecule has 156 valence electrons. The third-order valence-corrected chi connectivity index (χ3v) is 8.06. The first-order valence-corrected chi connectivity index (χ1v) is 11.8. The molecule has 2 aromatic carbocycles. The fourth-order valence-electron chi connectivity index (χ4n) is 3.75. The van der Waals surface area contributed by atoms with Gasteiger partial charge in [-0.25, -0.2) is 17.4 Å². The maximum atomic E-state index is 13.0. The Morgan fingerprint density at radius 2 is 1.97 bits per heavy atom. The number of carbonyl (C=O) groups is 2. The molecule has 0 radical (unpaired) electrons. The maximum Gasteiger partial charge on any atom is 0.268 e. The number of thiazole rings is 1. The molecule has 2 aromatic heterocycles. The molecule has 7 nitrogen and oxygen atoms in total. The summed E-state index contributed by atoms with van der Waals surface area (Å²) in [5, 5.41) is 0.809. The molecular weight excluding hydrogens is 434 g/mol. The van der Waals surface area contributed by atoms with E-state index in [0.717, 1.165) is 19.2 Å². The average molecular weight is 452 g/mol. The van der Waals surface area contributed by atoms with Gasteiger partial charge >= 0.3 is 0 Å². The van der Waals surface area contributed by atoms with Gasteiger partial charge in [0.1, 0.15) is 10.7 Å². The number of hydrogen-bond donors (Lipinski definition) is 0. The van der Waals surface area contributed by atoms with Crippen molar-refractivity contribution in [3.63, 3.8) is 0 Å². The zero-order valence-corrected chi connectivity index (χ0v) is 18.1. The maximum absolute atomic E-state index is 13.0. The number of ketones is 1. The summed E-state index contributed by atoms with van der Waals surface area (Å²) in [5.74, 6) is -0.574. The van der Waals surface area contributed by atoms with E-state index in [1.54, 1.807) is 7.05 Å². The Labute approximate surface area is 182 Å². The zero-order chi connectivity index (χ0) is 21.8. The van der Waals surface area contributed by atoms with E-state index >= 15 is 0 Å². The van der Waals surface area contributed by atoms with Gasteiger partial charge in [0.2, 0.25) is 0 Å². The Balaban J connectivity index is 1.45. The highest BCUT2D eigenvalue weighted by molar-refractivity contribution is 7.90. The standard InChI is InChI=1S/C22H17N3O4S2/c1-24(13-21-23-16-5-2-3-7-19(16)30-21)22(27)14-8-9-20-15(11-14)12-18(26)17-6-4-10-25(17)31(20,28)29/h2-11H,12-13H2,1H3. The van der Waals surface area contributed by atoms with Crippen molar-refractivity contribution in [3.8, 4) is 0 Å². The van der Waals surface area contributed by atoms with E-state index in [1.807, 2.05) is 24.3 Å². The molecule has 0 atom stereocenters. The number of Topliss-reactive ketones (excluding diaryl/α,β-unsaturated/α-hetero) is 1. The number of fused-ring (bicyclic) bond motifs is 3. The highest BCUT2D eigenvalue weighted by Gasteiger charge is 2.30. The summed E-state index contributed by atoms with van der Waals surface area (Å²) in [5.41, 5.74) is 1.67. The van der Waals surface area contributed by atoms with Gasteiger partial charge in [-0.15, -0.1) is 11.3 Å². The van der Waals surface area contributed by atoms with Crippen molar-refractivity contribution in [1.82, 2.24) is 13.9 Å². The monoisotopic (exact) mass is 451 g/mol. The normalized spacial score (nSPS) is 14.7. The van der Waals surface area contributed by atoms with Gasteiger partial charge in [-0.3, -0.25) is 9.59 Å². The van der Waals surface area contributed by atoms with Crippen molar-refractivity contribution in [2.45, 2.75) is 17.9 Å². The summed E-state index contributed by atoms with van der Waals surface area (Å²) in [6, 6.07) is 15.2. The van der Waals surface area contributed by atoms with Crippen molar-refractivity contribution >= 4 is 43.3 Å². The highest BCUT2D eigenvalue weighted by Crippen LogP contribution is 2.28. The smallest absolute Gasteiger partial charge is 0.268 e. The fraction of sp³-hybridized carbons (Fsp3) is 0.136. The van der Waals surface area contributed by atoms with E-state index < -0.39 is 10.0 Å². The third-order valence-electron chi connectivity index (χ3n) is 5.25. The molecule has 1 aliphatic heterocycles. The molecular formula is C22H17N3O4S2.